The van der Waals surface area contributed by atoms with Crippen molar-refractivity contribution in [1.29, 1.82) is 0 Å². The molecule has 0 aliphatic carbocycles. The van der Waals surface area contributed by atoms with E-state index in [9.17, 15) is 9.18 Å². The SMILES string of the molecule is CCOc1ccc(Nc2ccc(NC(=O)c3ccc(F)cc3)cc2)cc1. The first kappa shape index (κ1) is 17.5. The lowest BCUT2D eigenvalue weighted by Gasteiger charge is -2.10. The quantitative estimate of drug-likeness (QED) is 0.641. The van der Waals surface area contributed by atoms with Gasteiger partial charge in [-0.1, -0.05) is 0 Å². The van der Waals surface area contributed by atoms with E-state index < -0.39 is 0 Å². The number of hydrogen-bond acceptors (Lipinski definition) is 3. The van der Waals surface area contributed by atoms with Gasteiger partial charge in [-0.15, -0.1) is 0 Å². The molecule has 1 amide bonds. The Morgan fingerprint density at radius 2 is 1.38 bits per heavy atom. The van der Waals surface area contributed by atoms with Gasteiger partial charge in [-0.3, -0.25) is 4.79 Å². The van der Waals surface area contributed by atoms with Crippen LogP contribution in [0.3, 0.4) is 0 Å². The lowest BCUT2D eigenvalue weighted by Crippen LogP contribution is -2.11. The molecule has 4 nitrogen and oxygen atoms in total. The Labute approximate surface area is 151 Å². The van der Waals surface area contributed by atoms with Crippen molar-refractivity contribution in [3.8, 4) is 5.75 Å². The van der Waals surface area contributed by atoms with Crippen LogP contribution in [0.25, 0.3) is 0 Å². The largest absolute Gasteiger partial charge is 0.494 e. The second-order valence-electron chi connectivity index (χ2n) is 5.62. The fourth-order valence-corrected chi connectivity index (χ4v) is 2.41. The summed E-state index contributed by atoms with van der Waals surface area (Å²) < 4.78 is 18.3. The molecule has 0 saturated carbocycles. The highest BCUT2D eigenvalue weighted by atomic mass is 19.1. The number of benzene rings is 3. The summed E-state index contributed by atoms with van der Waals surface area (Å²) in [5.41, 5.74) is 2.91. The van der Waals surface area contributed by atoms with Crippen molar-refractivity contribution in [1.82, 2.24) is 0 Å². The van der Waals surface area contributed by atoms with Gasteiger partial charge in [0, 0.05) is 22.6 Å². The third kappa shape index (κ3) is 4.60. The van der Waals surface area contributed by atoms with Crippen LogP contribution in [-0.4, -0.2) is 12.5 Å². The third-order valence-electron chi connectivity index (χ3n) is 3.70. The van der Waals surface area contributed by atoms with Gasteiger partial charge < -0.3 is 15.4 Å². The number of amides is 1. The summed E-state index contributed by atoms with van der Waals surface area (Å²) in [7, 11) is 0. The molecule has 0 radical (unpaired) electrons. The maximum Gasteiger partial charge on any atom is 0.255 e. The predicted molar refractivity (Wildman–Crippen MR) is 102 cm³/mol. The lowest BCUT2D eigenvalue weighted by atomic mass is 10.2. The Balaban J connectivity index is 1.61. The minimum Gasteiger partial charge on any atom is -0.494 e. The van der Waals surface area contributed by atoms with Crippen molar-refractivity contribution in [2.24, 2.45) is 0 Å². The number of rotatable bonds is 6. The van der Waals surface area contributed by atoms with Crippen molar-refractivity contribution in [2.45, 2.75) is 6.92 Å². The predicted octanol–water partition coefficient (Wildman–Crippen LogP) is 5.22. The number of nitrogens with one attached hydrogen (secondary N) is 2. The highest BCUT2D eigenvalue weighted by Crippen LogP contribution is 2.21. The van der Waals surface area contributed by atoms with Crippen LogP contribution in [0.5, 0.6) is 5.75 Å². The van der Waals surface area contributed by atoms with E-state index in [2.05, 4.69) is 10.6 Å². The number of anilines is 3. The minimum atomic E-state index is -0.369. The molecule has 0 fully saturated rings. The number of ether oxygens (including phenoxy) is 1. The van der Waals surface area contributed by atoms with E-state index in [0.717, 1.165) is 17.1 Å². The molecule has 0 heterocycles. The van der Waals surface area contributed by atoms with Gasteiger partial charge in [0.2, 0.25) is 0 Å². The molecular weight excluding hydrogens is 331 g/mol. The number of halogens is 1. The molecule has 132 valence electrons. The molecule has 0 saturated heterocycles. The molecule has 3 rings (SSSR count). The molecule has 0 aliphatic rings. The Bertz CT molecular complexity index is 860. The fraction of sp³-hybridized carbons (Fsp3) is 0.0952. The van der Waals surface area contributed by atoms with Crippen LogP contribution < -0.4 is 15.4 Å². The number of carbonyl (C=O) groups is 1. The zero-order chi connectivity index (χ0) is 18.4. The van der Waals surface area contributed by atoms with Gasteiger partial charge in [0.15, 0.2) is 0 Å². The highest BCUT2D eigenvalue weighted by Gasteiger charge is 2.06. The van der Waals surface area contributed by atoms with Gasteiger partial charge in [-0.25, -0.2) is 4.39 Å². The molecule has 0 unspecified atom stereocenters. The summed E-state index contributed by atoms with van der Waals surface area (Å²) in [6.45, 7) is 2.58. The van der Waals surface area contributed by atoms with E-state index in [1.165, 1.54) is 24.3 Å². The summed E-state index contributed by atoms with van der Waals surface area (Å²) in [6.07, 6.45) is 0. The second-order valence-corrected chi connectivity index (χ2v) is 5.62. The van der Waals surface area contributed by atoms with Gasteiger partial charge in [0.05, 0.1) is 6.61 Å². The summed E-state index contributed by atoms with van der Waals surface area (Å²) in [5, 5.41) is 6.07. The monoisotopic (exact) mass is 350 g/mol. The van der Waals surface area contributed by atoms with E-state index >= 15 is 0 Å². The van der Waals surface area contributed by atoms with E-state index in [0.29, 0.717) is 17.9 Å². The van der Waals surface area contributed by atoms with Crippen molar-refractivity contribution >= 4 is 23.0 Å². The molecule has 0 aromatic heterocycles. The molecule has 26 heavy (non-hydrogen) atoms. The molecule has 3 aromatic carbocycles. The summed E-state index contributed by atoms with van der Waals surface area (Å²) in [4.78, 5) is 12.1. The van der Waals surface area contributed by atoms with Crippen LogP contribution in [0.15, 0.2) is 72.8 Å². The Morgan fingerprint density at radius 1 is 0.846 bits per heavy atom. The molecule has 0 bridgehead atoms. The van der Waals surface area contributed by atoms with Crippen molar-refractivity contribution in [2.75, 3.05) is 17.2 Å². The fourth-order valence-electron chi connectivity index (χ4n) is 2.41. The van der Waals surface area contributed by atoms with Gasteiger partial charge in [0.1, 0.15) is 11.6 Å². The van der Waals surface area contributed by atoms with Crippen LogP contribution in [0, 0.1) is 5.82 Å². The van der Waals surface area contributed by atoms with Gasteiger partial charge in [0.25, 0.3) is 5.91 Å². The summed E-state index contributed by atoms with van der Waals surface area (Å²) in [5.74, 6) is 0.181. The van der Waals surface area contributed by atoms with E-state index in [1.807, 2.05) is 43.3 Å². The van der Waals surface area contributed by atoms with Gasteiger partial charge >= 0.3 is 0 Å². The molecule has 0 spiro atoms. The standard InChI is InChI=1S/C21H19FN2O2/c1-2-26-20-13-11-18(12-14-20)23-17-7-9-19(10-8-17)24-21(25)15-3-5-16(22)6-4-15/h3-14,23H,2H2,1H3,(H,24,25). The first-order valence-electron chi connectivity index (χ1n) is 8.31. The number of carbonyl (C=O) groups excluding carboxylic acids is 1. The summed E-state index contributed by atoms with van der Waals surface area (Å²) in [6, 6.07) is 20.5. The maximum absolute atomic E-state index is 12.9. The van der Waals surface area contributed by atoms with Crippen LogP contribution >= 0.6 is 0 Å². The van der Waals surface area contributed by atoms with Crippen molar-refractivity contribution in [3.63, 3.8) is 0 Å². The first-order chi connectivity index (χ1) is 12.6. The van der Waals surface area contributed by atoms with Gasteiger partial charge in [-0.2, -0.15) is 0 Å². The van der Waals surface area contributed by atoms with Crippen molar-refractivity contribution < 1.29 is 13.9 Å². The van der Waals surface area contributed by atoms with E-state index in [1.54, 1.807) is 12.1 Å². The van der Waals surface area contributed by atoms with Crippen LogP contribution in [0.4, 0.5) is 21.5 Å². The molecule has 3 aromatic rings. The highest BCUT2D eigenvalue weighted by molar-refractivity contribution is 6.04. The van der Waals surface area contributed by atoms with E-state index in [-0.39, 0.29) is 11.7 Å². The Kier molecular flexibility index (Phi) is 5.49. The van der Waals surface area contributed by atoms with E-state index in [4.69, 9.17) is 4.74 Å². The summed E-state index contributed by atoms with van der Waals surface area (Å²) >= 11 is 0. The normalized spacial score (nSPS) is 10.2. The molecule has 2 N–H and O–H groups in total. The van der Waals surface area contributed by atoms with Crippen LogP contribution in [0.2, 0.25) is 0 Å². The van der Waals surface area contributed by atoms with Crippen LogP contribution in [-0.2, 0) is 0 Å². The smallest absolute Gasteiger partial charge is 0.255 e. The molecular formula is C21H19FN2O2. The number of hydrogen-bond donors (Lipinski definition) is 2. The zero-order valence-electron chi connectivity index (χ0n) is 14.3. The molecule has 0 aliphatic heterocycles. The van der Waals surface area contributed by atoms with Gasteiger partial charge in [-0.05, 0) is 79.7 Å². The molecule has 5 heteroatoms. The Morgan fingerprint density at radius 3 is 1.96 bits per heavy atom. The average Bonchev–Trinajstić information content (AvgIpc) is 2.66. The minimum absolute atomic E-state index is 0.280. The van der Waals surface area contributed by atoms with Crippen LogP contribution in [0.1, 0.15) is 17.3 Å². The second kappa shape index (κ2) is 8.16. The first-order valence-corrected chi connectivity index (χ1v) is 8.31. The Hall–Kier alpha value is -3.34. The lowest BCUT2D eigenvalue weighted by molar-refractivity contribution is 0.102. The van der Waals surface area contributed by atoms with Crippen molar-refractivity contribution in [3.05, 3.63) is 84.2 Å². The maximum atomic E-state index is 12.9. The topological polar surface area (TPSA) is 50.4 Å². The molecule has 0 atom stereocenters. The average molecular weight is 350 g/mol. The third-order valence-corrected chi connectivity index (χ3v) is 3.70. The zero-order valence-corrected chi connectivity index (χ0v) is 14.3.